The largest absolute Gasteiger partial charge is 0.366 e. The van der Waals surface area contributed by atoms with Crippen molar-refractivity contribution < 1.29 is 9.18 Å². The smallest absolute Gasteiger partial charge is 0.256 e. The number of anilines is 1. The summed E-state index contributed by atoms with van der Waals surface area (Å²) in [5.74, 6) is -0.558. The number of rotatable bonds is 3. The molecule has 0 saturated carbocycles. The molecule has 0 spiro atoms. The van der Waals surface area contributed by atoms with E-state index in [0.717, 1.165) is 21.9 Å². The van der Waals surface area contributed by atoms with Crippen LogP contribution >= 0.6 is 11.6 Å². The molecule has 184 valence electrons. The van der Waals surface area contributed by atoms with Gasteiger partial charge in [0.1, 0.15) is 0 Å². The minimum atomic E-state index is -0.432. The van der Waals surface area contributed by atoms with Gasteiger partial charge in [0.15, 0.2) is 5.82 Å². The lowest BCUT2D eigenvalue weighted by Gasteiger charge is -2.36. The third-order valence-corrected chi connectivity index (χ3v) is 7.49. The first-order valence-electron chi connectivity index (χ1n) is 12.1. The molecule has 5 nitrogen and oxygen atoms in total. The molecule has 0 aliphatic carbocycles. The second kappa shape index (κ2) is 9.05. The molecule has 1 amide bonds. The van der Waals surface area contributed by atoms with Gasteiger partial charge in [-0.05, 0) is 46.9 Å². The Morgan fingerprint density at radius 2 is 1.68 bits per heavy atom. The van der Waals surface area contributed by atoms with E-state index in [2.05, 4.69) is 11.6 Å². The normalized spacial score (nSPS) is 14.0. The van der Waals surface area contributed by atoms with Crippen LogP contribution in [0.3, 0.4) is 0 Å². The number of nitrogens with one attached hydrogen (secondary N) is 1. The Balaban J connectivity index is 1.48. The fourth-order valence-corrected chi connectivity index (χ4v) is 5.60. The van der Waals surface area contributed by atoms with Gasteiger partial charge in [-0.25, -0.2) is 4.39 Å². The second-order valence-electron chi connectivity index (χ2n) is 9.20. The van der Waals surface area contributed by atoms with Crippen molar-refractivity contribution in [2.75, 3.05) is 31.1 Å². The molecule has 0 atom stereocenters. The zero-order valence-electron chi connectivity index (χ0n) is 19.9. The molecular weight excluding hydrogens is 489 g/mol. The van der Waals surface area contributed by atoms with Crippen LogP contribution in [0.15, 0.2) is 84.2 Å². The van der Waals surface area contributed by atoms with E-state index in [1.54, 1.807) is 17.0 Å². The minimum Gasteiger partial charge on any atom is -0.366 e. The van der Waals surface area contributed by atoms with Crippen molar-refractivity contribution >= 4 is 55.6 Å². The fourth-order valence-electron chi connectivity index (χ4n) is 5.32. The summed E-state index contributed by atoms with van der Waals surface area (Å²) in [6.45, 7) is 5.49. The number of hydrogen-bond donors (Lipinski definition) is 1. The van der Waals surface area contributed by atoms with Gasteiger partial charge in [0.05, 0.1) is 11.1 Å². The van der Waals surface area contributed by atoms with E-state index in [1.165, 1.54) is 6.08 Å². The van der Waals surface area contributed by atoms with E-state index >= 15 is 4.39 Å². The van der Waals surface area contributed by atoms with Gasteiger partial charge in [-0.3, -0.25) is 9.59 Å². The van der Waals surface area contributed by atoms with E-state index in [1.807, 2.05) is 59.5 Å². The molecule has 37 heavy (non-hydrogen) atoms. The summed E-state index contributed by atoms with van der Waals surface area (Å²) in [5, 5.41) is 3.81. The zero-order valence-corrected chi connectivity index (χ0v) is 20.7. The van der Waals surface area contributed by atoms with Crippen LogP contribution in [0.4, 0.5) is 10.1 Å². The number of halogens is 2. The molecule has 0 unspecified atom stereocenters. The molecule has 6 rings (SSSR count). The highest BCUT2D eigenvalue weighted by Crippen LogP contribution is 2.37. The van der Waals surface area contributed by atoms with Gasteiger partial charge in [0.25, 0.3) is 5.56 Å². The maximum Gasteiger partial charge on any atom is 0.256 e. The van der Waals surface area contributed by atoms with Gasteiger partial charge in [-0.2, -0.15) is 0 Å². The van der Waals surface area contributed by atoms with Gasteiger partial charge in [-0.15, -0.1) is 0 Å². The number of hydrogen-bond acceptors (Lipinski definition) is 3. The molecule has 1 aliphatic heterocycles. The monoisotopic (exact) mass is 511 g/mol. The van der Waals surface area contributed by atoms with Crippen molar-refractivity contribution in [1.82, 2.24) is 9.88 Å². The molecular formula is C30H23ClFN3O2. The summed E-state index contributed by atoms with van der Waals surface area (Å²) in [6, 6.07) is 20.7. The number of aromatic nitrogens is 1. The van der Waals surface area contributed by atoms with Gasteiger partial charge in [0.2, 0.25) is 5.91 Å². The van der Waals surface area contributed by atoms with Crippen LogP contribution in [-0.4, -0.2) is 42.0 Å². The standard InChI is InChI=1S/C30H23ClFN3O2/c1-2-26(36)35-15-13-34(14-16-35)25-12-11-22-28(29(25)32)21-10-9-19(17-24(21)33-30(22)37)20-7-3-5-18-6-4-8-23(31)27(18)20/h2-12,17H,1,13-16H2,(H,33,37). The molecule has 1 N–H and O–H groups in total. The first kappa shape index (κ1) is 23.3. The number of carbonyl (C=O) groups excluding carboxylic acids is 1. The number of nitrogens with zero attached hydrogens (tertiary/aromatic N) is 2. The number of piperazine rings is 1. The Morgan fingerprint density at radius 3 is 2.43 bits per heavy atom. The van der Waals surface area contributed by atoms with Crippen LogP contribution in [0.5, 0.6) is 0 Å². The van der Waals surface area contributed by atoms with E-state index in [-0.39, 0.29) is 11.5 Å². The highest BCUT2D eigenvalue weighted by Gasteiger charge is 2.23. The van der Waals surface area contributed by atoms with Crippen molar-refractivity contribution in [1.29, 1.82) is 0 Å². The Bertz CT molecular complexity index is 1780. The topological polar surface area (TPSA) is 56.4 Å². The average Bonchev–Trinajstić information content (AvgIpc) is 2.92. The van der Waals surface area contributed by atoms with E-state index in [0.29, 0.717) is 58.6 Å². The molecule has 0 bridgehead atoms. The third kappa shape index (κ3) is 3.85. The van der Waals surface area contributed by atoms with Gasteiger partial charge >= 0.3 is 0 Å². The van der Waals surface area contributed by atoms with E-state index in [9.17, 15) is 9.59 Å². The first-order valence-corrected chi connectivity index (χ1v) is 12.5. The second-order valence-corrected chi connectivity index (χ2v) is 9.60. The molecule has 2 heterocycles. The fraction of sp³-hybridized carbons (Fsp3) is 0.133. The minimum absolute atomic E-state index is 0.126. The zero-order chi connectivity index (χ0) is 25.7. The van der Waals surface area contributed by atoms with Crippen molar-refractivity contribution in [3.05, 3.63) is 101 Å². The number of H-pyrrole nitrogens is 1. The summed E-state index contributed by atoms with van der Waals surface area (Å²) in [5.41, 5.74) is 2.45. The van der Waals surface area contributed by atoms with Gasteiger partial charge in [0, 0.05) is 52.9 Å². The SMILES string of the molecule is C=CC(=O)N1CCN(c2ccc3c(=O)[nH]c4cc(-c5cccc6cccc(Cl)c56)ccc4c3c2F)CC1. The van der Waals surface area contributed by atoms with Gasteiger partial charge < -0.3 is 14.8 Å². The van der Waals surface area contributed by atoms with Crippen LogP contribution in [0.25, 0.3) is 43.6 Å². The summed E-state index contributed by atoms with van der Waals surface area (Å²) < 4.78 is 16.1. The Kier molecular flexibility index (Phi) is 5.69. The lowest BCUT2D eigenvalue weighted by molar-refractivity contribution is -0.126. The van der Waals surface area contributed by atoms with E-state index < -0.39 is 5.82 Å². The predicted molar refractivity (Wildman–Crippen MR) is 149 cm³/mol. The quantitative estimate of drug-likeness (QED) is 0.234. The first-order chi connectivity index (χ1) is 18.0. The molecule has 4 aromatic carbocycles. The number of carbonyl (C=O) groups is 1. The average molecular weight is 512 g/mol. The lowest BCUT2D eigenvalue weighted by atomic mass is 9.96. The Morgan fingerprint density at radius 1 is 0.946 bits per heavy atom. The van der Waals surface area contributed by atoms with Crippen LogP contribution < -0.4 is 10.5 Å². The number of benzene rings is 4. The molecule has 0 radical (unpaired) electrons. The highest BCUT2D eigenvalue weighted by molar-refractivity contribution is 6.36. The van der Waals surface area contributed by atoms with Crippen molar-refractivity contribution in [2.24, 2.45) is 0 Å². The van der Waals surface area contributed by atoms with Crippen LogP contribution in [0, 0.1) is 5.82 Å². The van der Waals surface area contributed by atoms with Crippen LogP contribution in [0.2, 0.25) is 5.02 Å². The highest BCUT2D eigenvalue weighted by atomic mass is 35.5. The molecule has 1 saturated heterocycles. The maximum atomic E-state index is 16.1. The maximum absolute atomic E-state index is 16.1. The molecule has 7 heteroatoms. The Labute approximate surface area is 217 Å². The summed E-state index contributed by atoms with van der Waals surface area (Å²) in [7, 11) is 0. The number of amides is 1. The molecule has 1 fully saturated rings. The van der Waals surface area contributed by atoms with Crippen molar-refractivity contribution in [2.45, 2.75) is 0 Å². The van der Waals surface area contributed by atoms with Crippen molar-refractivity contribution in [3.8, 4) is 11.1 Å². The molecule has 5 aromatic rings. The lowest BCUT2D eigenvalue weighted by Crippen LogP contribution is -2.48. The van der Waals surface area contributed by atoms with Crippen LogP contribution in [-0.2, 0) is 4.79 Å². The number of pyridine rings is 1. The molecule has 1 aliphatic rings. The number of fused-ring (bicyclic) bond motifs is 4. The summed E-state index contributed by atoms with van der Waals surface area (Å²) in [6.07, 6.45) is 1.30. The third-order valence-electron chi connectivity index (χ3n) is 7.17. The summed E-state index contributed by atoms with van der Waals surface area (Å²) in [4.78, 5) is 31.5. The van der Waals surface area contributed by atoms with Gasteiger partial charge in [-0.1, -0.05) is 60.6 Å². The Hall–Kier alpha value is -4.16. The predicted octanol–water partition coefficient (Wildman–Crippen LogP) is 6.13. The van der Waals surface area contributed by atoms with Crippen LogP contribution in [0.1, 0.15) is 0 Å². The van der Waals surface area contributed by atoms with Crippen molar-refractivity contribution in [3.63, 3.8) is 0 Å². The summed E-state index contributed by atoms with van der Waals surface area (Å²) >= 11 is 6.54. The molecule has 1 aromatic heterocycles. The number of aromatic amines is 1. The van der Waals surface area contributed by atoms with E-state index in [4.69, 9.17) is 11.6 Å².